The molecule has 0 aliphatic heterocycles. The van der Waals surface area contributed by atoms with E-state index in [-0.39, 0.29) is 12.6 Å². The minimum atomic E-state index is -1.12. The summed E-state index contributed by atoms with van der Waals surface area (Å²) in [4.78, 5) is 12.0. The molecule has 0 saturated heterocycles. The van der Waals surface area contributed by atoms with E-state index in [0.717, 1.165) is 13.0 Å². The molecule has 6 nitrogen and oxygen atoms in total. The number of nitrogens with zero attached hydrogens (tertiary/aromatic N) is 2. The van der Waals surface area contributed by atoms with Crippen LogP contribution < -0.4 is 10.6 Å². The number of carbonyl (C=O) groups excluding carboxylic acids is 1. The molecule has 1 atom stereocenters. The zero-order valence-electron chi connectivity index (χ0n) is 13.9. The van der Waals surface area contributed by atoms with Gasteiger partial charge in [-0.25, -0.2) is 4.79 Å². The van der Waals surface area contributed by atoms with Crippen LogP contribution in [0, 0.1) is 5.41 Å². The zero-order valence-corrected chi connectivity index (χ0v) is 13.9. The standard InChI is InChI=1S/C16H28N4O2/c1-4-6-16(7-5-8-16)12-18-14(21)17-11-15(2,22)13-9-19-20(3)10-13/h9-10,22H,4-8,11-12H2,1-3H3,(H2,17,18,21). The van der Waals surface area contributed by atoms with E-state index in [0.29, 0.717) is 11.0 Å². The molecule has 1 aromatic heterocycles. The number of hydrogen-bond donors (Lipinski definition) is 3. The first-order valence-corrected chi connectivity index (χ1v) is 8.10. The van der Waals surface area contributed by atoms with Gasteiger partial charge in [-0.2, -0.15) is 5.10 Å². The van der Waals surface area contributed by atoms with Gasteiger partial charge in [0.2, 0.25) is 0 Å². The Balaban J connectivity index is 1.77. The van der Waals surface area contributed by atoms with E-state index in [1.165, 1.54) is 25.7 Å². The van der Waals surface area contributed by atoms with Gasteiger partial charge in [-0.3, -0.25) is 4.68 Å². The number of nitrogens with one attached hydrogen (secondary N) is 2. The lowest BCUT2D eigenvalue weighted by molar-refractivity contribution is 0.0587. The van der Waals surface area contributed by atoms with Crippen molar-refractivity contribution in [1.29, 1.82) is 0 Å². The molecule has 1 heterocycles. The van der Waals surface area contributed by atoms with Crippen LogP contribution >= 0.6 is 0 Å². The average Bonchev–Trinajstić information content (AvgIpc) is 2.87. The Morgan fingerprint density at radius 3 is 2.73 bits per heavy atom. The predicted molar refractivity (Wildman–Crippen MR) is 85.4 cm³/mol. The summed E-state index contributed by atoms with van der Waals surface area (Å²) >= 11 is 0. The molecule has 22 heavy (non-hydrogen) atoms. The molecule has 0 radical (unpaired) electrons. The molecule has 3 N–H and O–H groups in total. The van der Waals surface area contributed by atoms with Crippen molar-refractivity contribution < 1.29 is 9.90 Å². The van der Waals surface area contributed by atoms with Crippen LogP contribution in [0.3, 0.4) is 0 Å². The van der Waals surface area contributed by atoms with E-state index in [1.54, 1.807) is 31.0 Å². The summed E-state index contributed by atoms with van der Waals surface area (Å²) in [6, 6.07) is -0.216. The van der Waals surface area contributed by atoms with E-state index in [4.69, 9.17) is 0 Å². The molecule has 0 aromatic carbocycles. The number of hydrogen-bond acceptors (Lipinski definition) is 3. The van der Waals surface area contributed by atoms with Crippen LogP contribution in [0.15, 0.2) is 12.4 Å². The Morgan fingerprint density at radius 2 is 2.23 bits per heavy atom. The van der Waals surface area contributed by atoms with Crippen LogP contribution in [-0.2, 0) is 12.6 Å². The molecule has 0 spiro atoms. The lowest BCUT2D eigenvalue weighted by Gasteiger charge is -2.42. The van der Waals surface area contributed by atoms with E-state index in [2.05, 4.69) is 22.7 Å². The second-order valence-electron chi connectivity index (χ2n) is 6.82. The number of amides is 2. The smallest absolute Gasteiger partial charge is 0.314 e. The number of aryl methyl sites for hydroxylation is 1. The highest BCUT2D eigenvalue weighted by Crippen LogP contribution is 2.44. The van der Waals surface area contributed by atoms with Gasteiger partial charge in [-0.05, 0) is 31.6 Å². The topological polar surface area (TPSA) is 79.2 Å². The summed E-state index contributed by atoms with van der Waals surface area (Å²) in [6.45, 7) is 4.74. The highest BCUT2D eigenvalue weighted by molar-refractivity contribution is 5.74. The van der Waals surface area contributed by atoms with E-state index in [1.807, 2.05) is 0 Å². The minimum Gasteiger partial charge on any atom is -0.383 e. The SMILES string of the molecule is CCCC1(CNC(=O)NCC(C)(O)c2cnn(C)c2)CCC1. The first-order valence-electron chi connectivity index (χ1n) is 8.10. The Morgan fingerprint density at radius 1 is 1.50 bits per heavy atom. The van der Waals surface area contributed by atoms with E-state index < -0.39 is 5.60 Å². The molecule has 1 aromatic rings. The van der Waals surface area contributed by atoms with Gasteiger partial charge in [-0.1, -0.05) is 19.8 Å². The number of urea groups is 1. The van der Waals surface area contributed by atoms with Crippen LogP contribution in [0.25, 0.3) is 0 Å². The molecule has 0 bridgehead atoms. The van der Waals surface area contributed by atoms with Gasteiger partial charge in [0.25, 0.3) is 0 Å². The van der Waals surface area contributed by atoms with Crippen molar-refractivity contribution in [2.24, 2.45) is 12.5 Å². The minimum absolute atomic E-state index is 0.158. The lowest BCUT2D eigenvalue weighted by Crippen LogP contribution is -2.48. The lowest BCUT2D eigenvalue weighted by atomic mass is 9.66. The van der Waals surface area contributed by atoms with Gasteiger partial charge in [0, 0.05) is 25.4 Å². The molecule has 124 valence electrons. The first-order chi connectivity index (χ1) is 10.4. The average molecular weight is 308 g/mol. The predicted octanol–water partition coefficient (Wildman–Crippen LogP) is 1.90. The van der Waals surface area contributed by atoms with Crippen molar-refractivity contribution in [3.8, 4) is 0 Å². The van der Waals surface area contributed by atoms with Crippen molar-refractivity contribution in [2.45, 2.75) is 51.6 Å². The quantitative estimate of drug-likeness (QED) is 0.720. The van der Waals surface area contributed by atoms with Gasteiger partial charge in [0.15, 0.2) is 0 Å². The van der Waals surface area contributed by atoms with Crippen molar-refractivity contribution in [3.63, 3.8) is 0 Å². The summed E-state index contributed by atoms with van der Waals surface area (Å²) < 4.78 is 1.63. The molecule has 1 fully saturated rings. The molecule has 1 aliphatic rings. The Bertz CT molecular complexity index is 506. The summed E-state index contributed by atoms with van der Waals surface area (Å²) in [5.74, 6) is 0. The van der Waals surface area contributed by atoms with Gasteiger partial charge in [-0.15, -0.1) is 0 Å². The third kappa shape index (κ3) is 4.00. The van der Waals surface area contributed by atoms with Gasteiger partial charge >= 0.3 is 6.03 Å². The van der Waals surface area contributed by atoms with Gasteiger partial charge in [0.1, 0.15) is 5.60 Å². The summed E-state index contributed by atoms with van der Waals surface area (Å²) in [5, 5.41) is 20.2. The Kier molecular flexibility index (Phi) is 5.11. The number of aromatic nitrogens is 2. The maximum Gasteiger partial charge on any atom is 0.314 e. The molecular formula is C16H28N4O2. The number of carbonyl (C=O) groups is 1. The molecule has 1 aliphatic carbocycles. The fourth-order valence-electron chi connectivity index (χ4n) is 3.11. The first kappa shape index (κ1) is 16.8. The maximum absolute atomic E-state index is 12.0. The number of rotatable bonds is 7. The second kappa shape index (κ2) is 6.69. The van der Waals surface area contributed by atoms with E-state index >= 15 is 0 Å². The Labute approximate surface area is 132 Å². The number of aliphatic hydroxyl groups is 1. The summed E-state index contributed by atoms with van der Waals surface area (Å²) in [5.41, 5.74) is -0.127. The normalized spacial score (nSPS) is 19.1. The molecule has 1 saturated carbocycles. The monoisotopic (exact) mass is 308 g/mol. The van der Waals surface area contributed by atoms with Crippen molar-refractivity contribution in [2.75, 3.05) is 13.1 Å². The van der Waals surface area contributed by atoms with Crippen LogP contribution in [0.1, 0.15) is 51.5 Å². The molecule has 2 amide bonds. The third-order valence-electron chi connectivity index (χ3n) is 4.74. The van der Waals surface area contributed by atoms with Crippen molar-refractivity contribution >= 4 is 6.03 Å². The molecule has 2 rings (SSSR count). The van der Waals surface area contributed by atoms with Gasteiger partial charge in [0.05, 0.1) is 12.7 Å². The Hall–Kier alpha value is -1.56. The van der Waals surface area contributed by atoms with Crippen LogP contribution in [0.2, 0.25) is 0 Å². The van der Waals surface area contributed by atoms with Crippen molar-refractivity contribution in [1.82, 2.24) is 20.4 Å². The van der Waals surface area contributed by atoms with Crippen molar-refractivity contribution in [3.05, 3.63) is 18.0 Å². The molecule has 1 unspecified atom stereocenters. The highest BCUT2D eigenvalue weighted by atomic mass is 16.3. The zero-order chi connectivity index (χ0) is 16.2. The van der Waals surface area contributed by atoms with Crippen LogP contribution in [0.4, 0.5) is 4.79 Å². The fourth-order valence-corrected chi connectivity index (χ4v) is 3.11. The highest BCUT2D eigenvalue weighted by Gasteiger charge is 2.36. The van der Waals surface area contributed by atoms with Crippen LogP contribution in [-0.4, -0.2) is 34.0 Å². The summed E-state index contributed by atoms with van der Waals surface area (Å²) in [6.07, 6.45) is 9.36. The third-order valence-corrected chi connectivity index (χ3v) is 4.74. The fraction of sp³-hybridized carbons (Fsp3) is 0.750. The summed E-state index contributed by atoms with van der Waals surface area (Å²) in [7, 11) is 1.80. The molecular weight excluding hydrogens is 280 g/mol. The second-order valence-corrected chi connectivity index (χ2v) is 6.82. The van der Waals surface area contributed by atoms with Crippen LogP contribution in [0.5, 0.6) is 0 Å². The van der Waals surface area contributed by atoms with Gasteiger partial charge < -0.3 is 15.7 Å². The van der Waals surface area contributed by atoms with E-state index in [9.17, 15) is 9.90 Å². The maximum atomic E-state index is 12.0. The molecule has 6 heteroatoms. The largest absolute Gasteiger partial charge is 0.383 e.